The zero-order valence-corrected chi connectivity index (χ0v) is 11.0. The predicted octanol–water partition coefficient (Wildman–Crippen LogP) is 2.75. The van der Waals surface area contributed by atoms with Crippen molar-refractivity contribution in [3.8, 4) is 5.75 Å². The number of hydrogen-bond donors (Lipinski definition) is 1. The van der Waals surface area contributed by atoms with E-state index in [0.29, 0.717) is 6.61 Å². The van der Waals surface area contributed by atoms with Crippen LogP contribution in [0.15, 0.2) is 22.7 Å². The van der Waals surface area contributed by atoms with Gasteiger partial charge in [-0.05, 0) is 34.8 Å². The molecule has 0 radical (unpaired) electrons. The van der Waals surface area contributed by atoms with E-state index >= 15 is 0 Å². The van der Waals surface area contributed by atoms with Gasteiger partial charge in [0.25, 0.3) is 0 Å². The monoisotopic (exact) mass is 288 g/mol. The van der Waals surface area contributed by atoms with Gasteiger partial charge in [-0.3, -0.25) is 0 Å². The lowest BCUT2D eigenvalue weighted by Crippen LogP contribution is -2.02. The summed E-state index contributed by atoms with van der Waals surface area (Å²) in [5.74, 6) is 0.738. The quantitative estimate of drug-likeness (QED) is 0.784. The van der Waals surface area contributed by atoms with Gasteiger partial charge in [0.1, 0.15) is 5.75 Å². The first-order chi connectivity index (χ1) is 7.79. The molecule has 1 rings (SSSR count). The molecular weight excluding hydrogens is 272 g/mol. The highest BCUT2D eigenvalue weighted by Gasteiger charge is 2.06. The van der Waals surface area contributed by atoms with Gasteiger partial charge in [0.15, 0.2) is 0 Å². The van der Waals surface area contributed by atoms with E-state index in [1.165, 1.54) is 0 Å². The average Bonchev–Trinajstić information content (AvgIpc) is 2.30. The summed E-state index contributed by atoms with van der Waals surface area (Å²) < 4.78 is 11.5. The summed E-state index contributed by atoms with van der Waals surface area (Å²) >= 11 is 3.41. The summed E-state index contributed by atoms with van der Waals surface area (Å²) in [6, 6.07) is 5.65. The van der Waals surface area contributed by atoms with Crippen LogP contribution < -0.4 is 4.74 Å². The van der Waals surface area contributed by atoms with Crippen molar-refractivity contribution in [3.05, 3.63) is 28.2 Å². The average molecular weight is 289 g/mol. The lowest BCUT2D eigenvalue weighted by Gasteiger charge is -2.11. The molecule has 0 aliphatic carbocycles. The Morgan fingerprint density at radius 3 is 2.69 bits per heavy atom. The standard InChI is InChI=1S/C12H17BrO3/c1-15-7-2-3-8-16-12-10(9-14)5-4-6-11(12)13/h4-6,14H,2-3,7-9H2,1H3. The first-order valence-corrected chi connectivity index (χ1v) is 6.09. The fourth-order valence-electron chi connectivity index (χ4n) is 1.36. The summed E-state index contributed by atoms with van der Waals surface area (Å²) in [5, 5.41) is 9.16. The molecule has 1 N–H and O–H groups in total. The Bertz CT molecular complexity index is 315. The summed E-state index contributed by atoms with van der Waals surface area (Å²) in [7, 11) is 1.69. The number of benzene rings is 1. The number of rotatable bonds is 7. The molecule has 16 heavy (non-hydrogen) atoms. The van der Waals surface area contributed by atoms with Crippen molar-refractivity contribution in [1.29, 1.82) is 0 Å². The predicted molar refractivity (Wildman–Crippen MR) is 66.7 cm³/mol. The zero-order chi connectivity index (χ0) is 11.8. The van der Waals surface area contributed by atoms with Gasteiger partial charge in [0, 0.05) is 19.3 Å². The Labute approximate surface area is 105 Å². The molecule has 0 unspecified atom stereocenters. The van der Waals surface area contributed by atoms with Crippen LogP contribution in [0.5, 0.6) is 5.75 Å². The van der Waals surface area contributed by atoms with Gasteiger partial charge in [-0.2, -0.15) is 0 Å². The third-order valence-corrected chi connectivity index (χ3v) is 2.83. The fourth-order valence-corrected chi connectivity index (χ4v) is 1.88. The Morgan fingerprint density at radius 1 is 1.25 bits per heavy atom. The number of aliphatic hydroxyl groups is 1. The first-order valence-electron chi connectivity index (χ1n) is 5.29. The Hall–Kier alpha value is -0.580. The van der Waals surface area contributed by atoms with Crippen LogP contribution in [-0.2, 0) is 11.3 Å². The van der Waals surface area contributed by atoms with E-state index < -0.39 is 0 Å². The zero-order valence-electron chi connectivity index (χ0n) is 9.41. The molecule has 90 valence electrons. The van der Waals surface area contributed by atoms with Crippen molar-refractivity contribution >= 4 is 15.9 Å². The molecular formula is C12H17BrO3. The Morgan fingerprint density at radius 2 is 2.00 bits per heavy atom. The van der Waals surface area contributed by atoms with E-state index in [-0.39, 0.29) is 6.61 Å². The normalized spacial score (nSPS) is 10.4. The Kier molecular flexibility index (Phi) is 6.45. The molecule has 0 bridgehead atoms. The molecule has 0 aliphatic heterocycles. The van der Waals surface area contributed by atoms with E-state index in [4.69, 9.17) is 14.6 Å². The first kappa shape index (κ1) is 13.5. The van der Waals surface area contributed by atoms with E-state index in [0.717, 1.165) is 35.2 Å². The van der Waals surface area contributed by atoms with Crippen LogP contribution in [0.3, 0.4) is 0 Å². The molecule has 0 heterocycles. The molecule has 0 spiro atoms. The van der Waals surface area contributed by atoms with Crippen LogP contribution in [0.25, 0.3) is 0 Å². The number of methoxy groups -OCH3 is 1. The maximum Gasteiger partial charge on any atom is 0.138 e. The number of ether oxygens (including phenoxy) is 2. The Balaban J connectivity index is 2.46. The molecule has 0 amide bonds. The van der Waals surface area contributed by atoms with Crippen LogP contribution >= 0.6 is 15.9 Å². The molecule has 3 nitrogen and oxygen atoms in total. The second kappa shape index (κ2) is 7.65. The molecule has 0 saturated heterocycles. The summed E-state index contributed by atoms with van der Waals surface area (Å²) in [6.07, 6.45) is 1.93. The number of unbranched alkanes of at least 4 members (excludes halogenated alkanes) is 1. The largest absolute Gasteiger partial charge is 0.492 e. The number of aliphatic hydroxyl groups excluding tert-OH is 1. The van der Waals surface area contributed by atoms with Gasteiger partial charge < -0.3 is 14.6 Å². The summed E-state index contributed by atoms with van der Waals surface area (Å²) in [6.45, 7) is 1.39. The van der Waals surface area contributed by atoms with Gasteiger partial charge >= 0.3 is 0 Å². The van der Waals surface area contributed by atoms with Gasteiger partial charge in [-0.25, -0.2) is 0 Å². The van der Waals surface area contributed by atoms with E-state index in [1.807, 2.05) is 18.2 Å². The van der Waals surface area contributed by atoms with Crippen molar-refractivity contribution in [2.75, 3.05) is 20.3 Å². The van der Waals surface area contributed by atoms with Gasteiger partial charge in [-0.1, -0.05) is 12.1 Å². The van der Waals surface area contributed by atoms with Crippen molar-refractivity contribution in [2.45, 2.75) is 19.4 Å². The molecule has 1 aromatic rings. The highest BCUT2D eigenvalue weighted by atomic mass is 79.9. The van der Waals surface area contributed by atoms with Crippen LogP contribution in [0, 0.1) is 0 Å². The molecule has 0 aromatic heterocycles. The van der Waals surface area contributed by atoms with E-state index in [9.17, 15) is 0 Å². The maximum atomic E-state index is 9.16. The minimum atomic E-state index is -0.00710. The molecule has 0 atom stereocenters. The van der Waals surface area contributed by atoms with Crippen LogP contribution in [0.1, 0.15) is 18.4 Å². The smallest absolute Gasteiger partial charge is 0.138 e. The van der Waals surface area contributed by atoms with E-state index in [1.54, 1.807) is 7.11 Å². The van der Waals surface area contributed by atoms with Gasteiger partial charge in [-0.15, -0.1) is 0 Å². The third kappa shape index (κ3) is 4.12. The van der Waals surface area contributed by atoms with Crippen LogP contribution in [0.4, 0.5) is 0 Å². The van der Waals surface area contributed by atoms with Crippen molar-refractivity contribution in [1.82, 2.24) is 0 Å². The second-order valence-corrected chi connectivity index (χ2v) is 4.29. The number of halogens is 1. The van der Waals surface area contributed by atoms with Crippen molar-refractivity contribution < 1.29 is 14.6 Å². The molecule has 1 aromatic carbocycles. The van der Waals surface area contributed by atoms with Crippen LogP contribution in [0.2, 0.25) is 0 Å². The molecule has 0 saturated carbocycles. The second-order valence-electron chi connectivity index (χ2n) is 3.43. The van der Waals surface area contributed by atoms with Crippen molar-refractivity contribution in [3.63, 3.8) is 0 Å². The highest BCUT2D eigenvalue weighted by molar-refractivity contribution is 9.10. The van der Waals surface area contributed by atoms with Gasteiger partial charge in [0.2, 0.25) is 0 Å². The minimum absolute atomic E-state index is 0.00710. The molecule has 0 aliphatic rings. The topological polar surface area (TPSA) is 38.7 Å². The maximum absolute atomic E-state index is 9.16. The number of para-hydroxylation sites is 1. The fraction of sp³-hybridized carbons (Fsp3) is 0.500. The number of hydrogen-bond acceptors (Lipinski definition) is 3. The lowest BCUT2D eigenvalue weighted by molar-refractivity contribution is 0.183. The molecule has 0 fully saturated rings. The van der Waals surface area contributed by atoms with E-state index in [2.05, 4.69) is 15.9 Å². The highest BCUT2D eigenvalue weighted by Crippen LogP contribution is 2.29. The van der Waals surface area contributed by atoms with Gasteiger partial charge in [0.05, 0.1) is 17.7 Å². The van der Waals surface area contributed by atoms with Crippen LogP contribution in [-0.4, -0.2) is 25.4 Å². The summed E-state index contributed by atoms with van der Waals surface area (Å²) in [5.41, 5.74) is 0.807. The molecule has 4 heteroatoms. The lowest BCUT2D eigenvalue weighted by atomic mass is 10.2. The minimum Gasteiger partial charge on any atom is -0.492 e. The summed E-state index contributed by atoms with van der Waals surface area (Å²) in [4.78, 5) is 0. The third-order valence-electron chi connectivity index (χ3n) is 2.21. The SMILES string of the molecule is COCCCCOc1c(Br)cccc1CO. The van der Waals surface area contributed by atoms with Crippen molar-refractivity contribution in [2.24, 2.45) is 0 Å².